The van der Waals surface area contributed by atoms with Crippen molar-refractivity contribution in [2.24, 2.45) is 0 Å². The molecule has 0 saturated carbocycles. The van der Waals surface area contributed by atoms with Gasteiger partial charge in [-0.1, -0.05) is 12.1 Å². The average molecular weight is 337 g/mol. The number of ketones is 2. The standard InChI is InChI=1S/C17H14N2O2.Ni/c1-19(2)12-7-5-11(6-8-12)14-10-15(20)16-13(17(14)21)4-3-9-18-16;/h3-10H,1-2H3;. The second-order valence-electron chi connectivity index (χ2n) is 5.09. The predicted molar refractivity (Wildman–Crippen MR) is 81.6 cm³/mol. The van der Waals surface area contributed by atoms with E-state index in [0.29, 0.717) is 11.1 Å². The van der Waals surface area contributed by atoms with E-state index in [9.17, 15) is 9.59 Å². The summed E-state index contributed by atoms with van der Waals surface area (Å²) in [6.07, 6.45) is 2.90. The van der Waals surface area contributed by atoms with Crippen LogP contribution in [-0.2, 0) is 16.5 Å². The number of fused-ring (bicyclic) bond motifs is 1. The van der Waals surface area contributed by atoms with Gasteiger partial charge in [0.05, 0.1) is 5.56 Å². The number of carbonyl (C=O) groups excluding carboxylic acids is 2. The molecule has 1 aliphatic carbocycles. The zero-order chi connectivity index (χ0) is 15.0. The van der Waals surface area contributed by atoms with Crippen LogP contribution in [0.3, 0.4) is 0 Å². The summed E-state index contributed by atoms with van der Waals surface area (Å²) in [6, 6.07) is 10.9. The van der Waals surface area contributed by atoms with E-state index in [-0.39, 0.29) is 33.8 Å². The first kappa shape index (κ1) is 16.1. The maximum atomic E-state index is 12.5. The minimum atomic E-state index is -0.225. The Kier molecular flexibility index (Phi) is 4.57. The van der Waals surface area contributed by atoms with Crippen molar-refractivity contribution in [3.8, 4) is 0 Å². The Hall–Kier alpha value is -2.26. The van der Waals surface area contributed by atoms with Crippen molar-refractivity contribution in [2.75, 3.05) is 19.0 Å². The number of aromatic nitrogens is 1. The number of Topliss-reactive ketones (excluding diaryl/α,β-unsaturated/α-hetero) is 1. The SMILES string of the molecule is CN(C)c1ccc(C2=CC(=O)c3ncccc3C2=O)cc1.[Ni]. The molecule has 1 aliphatic rings. The predicted octanol–water partition coefficient (Wildman–Crippen LogP) is 2.61. The molecule has 1 aromatic carbocycles. The van der Waals surface area contributed by atoms with Gasteiger partial charge in [-0.3, -0.25) is 14.6 Å². The number of nitrogens with zero attached hydrogens (tertiary/aromatic N) is 2. The van der Waals surface area contributed by atoms with Gasteiger partial charge in [0.2, 0.25) is 5.78 Å². The molecule has 1 heterocycles. The van der Waals surface area contributed by atoms with Gasteiger partial charge in [-0.25, -0.2) is 0 Å². The zero-order valence-electron chi connectivity index (χ0n) is 12.1. The summed E-state index contributed by atoms with van der Waals surface area (Å²) in [7, 11) is 3.90. The van der Waals surface area contributed by atoms with Gasteiger partial charge in [0, 0.05) is 48.0 Å². The summed E-state index contributed by atoms with van der Waals surface area (Å²) in [6.45, 7) is 0. The molecular formula is C17H14N2NiO2. The Morgan fingerprint density at radius 1 is 1.00 bits per heavy atom. The van der Waals surface area contributed by atoms with Crippen LogP contribution in [0.1, 0.15) is 26.4 Å². The molecule has 5 heteroatoms. The van der Waals surface area contributed by atoms with Gasteiger partial charge in [-0.2, -0.15) is 0 Å². The fraction of sp³-hybridized carbons (Fsp3) is 0.118. The molecule has 0 aliphatic heterocycles. The number of benzene rings is 1. The fourth-order valence-corrected chi connectivity index (χ4v) is 2.35. The molecule has 0 atom stereocenters. The number of rotatable bonds is 2. The summed E-state index contributed by atoms with van der Waals surface area (Å²) < 4.78 is 0. The summed E-state index contributed by atoms with van der Waals surface area (Å²) >= 11 is 0. The van der Waals surface area contributed by atoms with Crippen LogP contribution in [0.15, 0.2) is 48.7 Å². The average Bonchev–Trinajstić information content (AvgIpc) is 2.51. The van der Waals surface area contributed by atoms with E-state index in [1.54, 1.807) is 12.1 Å². The minimum absolute atomic E-state index is 0. The number of hydrogen-bond acceptors (Lipinski definition) is 4. The van der Waals surface area contributed by atoms with Crippen molar-refractivity contribution in [3.05, 3.63) is 65.5 Å². The summed E-state index contributed by atoms with van der Waals surface area (Å²) in [5.41, 5.74) is 2.81. The van der Waals surface area contributed by atoms with Crippen LogP contribution in [0.4, 0.5) is 5.69 Å². The molecule has 0 fully saturated rings. The van der Waals surface area contributed by atoms with Gasteiger partial charge in [0.25, 0.3) is 0 Å². The van der Waals surface area contributed by atoms with Gasteiger partial charge in [0.15, 0.2) is 5.78 Å². The number of carbonyl (C=O) groups is 2. The Morgan fingerprint density at radius 3 is 2.32 bits per heavy atom. The molecular weight excluding hydrogens is 323 g/mol. The molecule has 4 nitrogen and oxygen atoms in total. The molecule has 0 spiro atoms. The van der Waals surface area contributed by atoms with Crippen molar-refractivity contribution in [1.29, 1.82) is 0 Å². The summed E-state index contributed by atoms with van der Waals surface area (Å²) in [5.74, 6) is -0.382. The monoisotopic (exact) mass is 336 g/mol. The molecule has 114 valence electrons. The maximum absolute atomic E-state index is 12.5. The summed E-state index contributed by atoms with van der Waals surface area (Å²) in [5, 5.41) is 0. The molecule has 0 amide bonds. The maximum Gasteiger partial charge on any atom is 0.205 e. The third kappa shape index (κ3) is 2.72. The van der Waals surface area contributed by atoms with Crippen LogP contribution >= 0.6 is 0 Å². The number of hydrogen-bond donors (Lipinski definition) is 0. The number of allylic oxidation sites excluding steroid dienone is 2. The third-order valence-electron chi connectivity index (χ3n) is 3.50. The van der Waals surface area contributed by atoms with Crippen LogP contribution in [0.5, 0.6) is 0 Å². The van der Waals surface area contributed by atoms with Crippen molar-refractivity contribution in [2.45, 2.75) is 0 Å². The van der Waals surface area contributed by atoms with Gasteiger partial charge in [-0.15, -0.1) is 0 Å². The van der Waals surface area contributed by atoms with E-state index in [1.807, 2.05) is 43.3 Å². The van der Waals surface area contributed by atoms with Crippen LogP contribution in [0, 0.1) is 0 Å². The van der Waals surface area contributed by atoms with Crippen LogP contribution in [0.25, 0.3) is 5.57 Å². The largest absolute Gasteiger partial charge is 0.378 e. The van der Waals surface area contributed by atoms with Crippen molar-refractivity contribution < 1.29 is 26.1 Å². The smallest absolute Gasteiger partial charge is 0.205 e. The Balaban J connectivity index is 0.00000176. The van der Waals surface area contributed by atoms with E-state index in [4.69, 9.17) is 0 Å². The van der Waals surface area contributed by atoms with Crippen molar-refractivity contribution in [3.63, 3.8) is 0 Å². The van der Waals surface area contributed by atoms with E-state index in [1.165, 1.54) is 12.3 Å². The molecule has 3 rings (SSSR count). The van der Waals surface area contributed by atoms with Gasteiger partial charge in [-0.05, 0) is 35.9 Å². The second-order valence-corrected chi connectivity index (χ2v) is 5.09. The second kappa shape index (κ2) is 6.24. The first-order valence-corrected chi connectivity index (χ1v) is 6.61. The van der Waals surface area contributed by atoms with Gasteiger partial charge < -0.3 is 4.90 Å². The molecule has 0 N–H and O–H groups in total. The molecule has 0 bridgehead atoms. The Labute approximate surface area is 138 Å². The molecule has 22 heavy (non-hydrogen) atoms. The van der Waals surface area contributed by atoms with Gasteiger partial charge in [0.1, 0.15) is 5.69 Å². The molecule has 0 unspecified atom stereocenters. The first-order valence-electron chi connectivity index (χ1n) is 6.61. The molecule has 0 saturated heterocycles. The number of pyridine rings is 1. The van der Waals surface area contributed by atoms with Crippen LogP contribution in [-0.4, -0.2) is 30.6 Å². The van der Waals surface area contributed by atoms with Crippen molar-refractivity contribution >= 4 is 22.8 Å². The fourth-order valence-electron chi connectivity index (χ4n) is 2.35. The summed E-state index contributed by atoms with van der Waals surface area (Å²) in [4.78, 5) is 30.6. The van der Waals surface area contributed by atoms with Crippen LogP contribution < -0.4 is 4.90 Å². The van der Waals surface area contributed by atoms with E-state index >= 15 is 0 Å². The normalized spacial score (nSPS) is 13.1. The first-order chi connectivity index (χ1) is 10.1. The molecule has 2 aromatic rings. The van der Waals surface area contributed by atoms with Crippen LogP contribution in [0.2, 0.25) is 0 Å². The zero-order valence-corrected chi connectivity index (χ0v) is 13.1. The van der Waals surface area contributed by atoms with Crippen molar-refractivity contribution in [1.82, 2.24) is 4.98 Å². The van der Waals surface area contributed by atoms with E-state index < -0.39 is 0 Å². The van der Waals surface area contributed by atoms with E-state index in [2.05, 4.69) is 4.98 Å². The van der Waals surface area contributed by atoms with E-state index in [0.717, 1.165) is 11.3 Å². The Bertz CT molecular complexity index is 764. The third-order valence-corrected chi connectivity index (χ3v) is 3.50. The van der Waals surface area contributed by atoms with Gasteiger partial charge >= 0.3 is 0 Å². The Morgan fingerprint density at radius 2 is 1.68 bits per heavy atom. The topological polar surface area (TPSA) is 50.3 Å². The minimum Gasteiger partial charge on any atom is -0.378 e. The molecule has 1 aromatic heterocycles. The molecule has 0 radical (unpaired) electrons. The quantitative estimate of drug-likeness (QED) is 0.791. The number of anilines is 1.